The Balaban J connectivity index is 1.37. The summed E-state index contributed by atoms with van der Waals surface area (Å²) in [5.74, 6) is 0.902. The summed E-state index contributed by atoms with van der Waals surface area (Å²) in [6, 6.07) is 18.5. The minimum atomic E-state index is -0.334. The van der Waals surface area contributed by atoms with Gasteiger partial charge in [0.25, 0.3) is 5.91 Å². The summed E-state index contributed by atoms with van der Waals surface area (Å²) >= 11 is 6.32. The third-order valence-electron chi connectivity index (χ3n) is 5.62. The van der Waals surface area contributed by atoms with E-state index in [1.807, 2.05) is 48.5 Å². The van der Waals surface area contributed by atoms with Gasteiger partial charge in [0.1, 0.15) is 17.0 Å². The first-order valence-electron chi connectivity index (χ1n) is 10.9. The summed E-state index contributed by atoms with van der Waals surface area (Å²) in [7, 11) is 0. The molecule has 34 heavy (non-hydrogen) atoms. The molecule has 2 aromatic carbocycles. The molecule has 0 bridgehead atoms. The Kier molecular flexibility index (Phi) is 6.24. The number of morpholine rings is 1. The van der Waals surface area contributed by atoms with E-state index in [1.54, 1.807) is 19.1 Å². The maximum atomic E-state index is 13.2. The van der Waals surface area contributed by atoms with E-state index in [-0.39, 0.29) is 5.91 Å². The van der Waals surface area contributed by atoms with Crippen LogP contribution < -0.4 is 10.2 Å². The summed E-state index contributed by atoms with van der Waals surface area (Å²) < 4.78 is 10.7. The van der Waals surface area contributed by atoms with Gasteiger partial charge in [0.2, 0.25) is 0 Å². The Hall–Kier alpha value is -3.75. The van der Waals surface area contributed by atoms with Crippen molar-refractivity contribution in [2.24, 2.45) is 0 Å². The number of nitrogens with one attached hydrogen (secondary N) is 1. The van der Waals surface area contributed by atoms with Crippen molar-refractivity contribution in [1.29, 1.82) is 0 Å². The third-order valence-corrected chi connectivity index (χ3v) is 5.95. The lowest BCUT2D eigenvalue weighted by Gasteiger charge is -2.27. The molecule has 0 aliphatic carbocycles. The normalized spacial score (nSPS) is 13.6. The van der Waals surface area contributed by atoms with Crippen LogP contribution in [0, 0.1) is 6.92 Å². The number of hydrogen-bond donors (Lipinski definition) is 1. The molecule has 1 N–H and O–H groups in total. The molecule has 0 spiro atoms. The van der Waals surface area contributed by atoms with E-state index in [2.05, 4.69) is 25.6 Å². The van der Waals surface area contributed by atoms with Crippen LogP contribution in [-0.2, 0) is 4.74 Å². The number of carbonyl (C=O) groups excluding carboxylic acids is 1. The molecule has 172 valence electrons. The van der Waals surface area contributed by atoms with Gasteiger partial charge in [-0.2, -0.15) is 0 Å². The van der Waals surface area contributed by atoms with Gasteiger partial charge in [-0.3, -0.25) is 4.79 Å². The first-order valence-corrected chi connectivity index (χ1v) is 11.3. The molecule has 1 fully saturated rings. The Morgan fingerprint density at radius 3 is 2.62 bits per heavy atom. The standard InChI is InChI=1S/C25H22ClN5O3/c1-16-23(24(30-34-16)19-7-2-3-8-20(19)26)25(32)27-18-6-4-5-17(15-18)21-9-10-22(29-28-21)31-11-13-33-14-12-31/h2-10,15H,11-14H2,1H3,(H,27,32). The maximum Gasteiger partial charge on any atom is 0.261 e. The number of anilines is 2. The summed E-state index contributed by atoms with van der Waals surface area (Å²) in [5, 5.41) is 16.3. The fourth-order valence-corrected chi connectivity index (χ4v) is 4.09. The van der Waals surface area contributed by atoms with Crippen LogP contribution in [0.15, 0.2) is 65.2 Å². The molecule has 0 saturated carbocycles. The zero-order chi connectivity index (χ0) is 23.5. The molecule has 0 radical (unpaired) electrons. The molecule has 1 amide bonds. The molecule has 1 aliphatic rings. The van der Waals surface area contributed by atoms with Crippen LogP contribution in [0.4, 0.5) is 11.5 Å². The van der Waals surface area contributed by atoms with Gasteiger partial charge in [-0.1, -0.05) is 47.1 Å². The van der Waals surface area contributed by atoms with E-state index in [9.17, 15) is 4.79 Å². The van der Waals surface area contributed by atoms with Crippen LogP contribution in [0.1, 0.15) is 16.1 Å². The second-order valence-electron chi connectivity index (χ2n) is 7.85. The highest BCUT2D eigenvalue weighted by atomic mass is 35.5. The number of ether oxygens (including phenoxy) is 1. The summed E-state index contributed by atoms with van der Waals surface area (Å²) in [6.07, 6.45) is 0. The van der Waals surface area contributed by atoms with Crippen LogP contribution >= 0.6 is 11.6 Å². The van der Waals surface area contributed by atoms with Gasteiger partial charge in [-0.25, -0.2) is 0 Å². The average Bonchev–Trinajstić information content (AvgIpc) is 3.26. The Labute approximate surface area is 201 Å². The molecule has 5 rings (SSSR count). The van der Waals surface area contributed by atoms with E-state index in [1.165, 1.54) is 0 Å². The van der Waals surface area contributed by atoms with Crippen molar-refractivity contribution in [3.63, 3.8) is 0 Å². The van der Waals surface area contributed by atoms with E-state index >= 15 is 0 Å². The Morgan fingerprint density at radius 1 is 1.03 bits per heavy atom. The number of amides is 1. The number of rotatable bonds is 5. The first-order chi connectivity index (χ1) is 16.6. The van der Waals surface area contributed by atoms with Crippen molar-refractivity contribution in [3.05, 3.63) is 77.0 Å². The van der Waals surface area contributed by atoms with E-state index in [0.29, 0.717) is 52.2 Å². The molecule has 9 heteroatoms. The van der Waals surface area contributed by atoms with Crippen molar-refractivity contribution < 1.29 is 14.1 Å². The molecule has 1 aliphatic heterocycles. The minimum absolute atomic E-state index is 0.334. The summed E-state index contributed by atoms with van der Waals surface area (Å²) in [4.78, 5) is 15.3. The average molecular weight is 476 g/mol. The van der Waals surface area contributed by atoms with Gasteiger partial charge >= 0.3 is 0 Å². The lowest BCUT2D eigenvalue weighted by atomic mass is 10.1. The van der Waals surface area contributed by atoms with Crippen LogP contribution in [-0.4, -0.2) is 47.6 Å². The first kappa shape index (κ1) is 22.1. The maximum absolute atomic E-state index is 13.2. The number of benzene rings is 2. The fourth-order valence-electron chi connectivity index (χ4n) is 3.87. The highest BCUT2D eigenvalue weighted by molar-refractivity contribution is 6.33. The highest BCUT2D eigenvalue weighted by Crippen LogP contribution is 2.32. The molecule has 3 heterocycles. The lowest BCUT2D eigenvalue weighted by molar-refractivity contribution is 0.102. The number of aromatic nitrogens is 3. The van der Waals surface area contributed by atoms with Gasteiger partial charge in [-0.05, 0) is 37.3 Å². The molecule has 2 aromatic heterocycles. The lowest BCUT2D eigenvalue weighted by Crippen LogP contribution is -2.36. The van der Waals surface area contributed by atoms with Crippen LogP contribution in [0.5, 0.6) is 0 Å². The van der Waals surface area contributed by atoms with Gasteiger partial charge in [0, 0.05) is 29.9 Å². The van der Waals surface area contributed by atoms with Crippen molar-refractivity contribution in [1.82, 2.24) is 15.4 Å². The van der Waals surface area contributed by atoms with Gasteiger partial charge in [0.15, 0.2) is 5.82 Å². The van der Waals surface area contributed by atoms with Gasteiger partial charge < -0.3 is 19.5 Å². The molecular weight excluding hydrogens is 454 g/mol. The second kappa shape index (κ2) is 9.62. The monoisotopic (exact) mass is 475 g/mol. The quantitative estimate of drug-likeness (QED) is 0.441. The van der Waals surface area contributed by atoms with Crippen molar-refractivity contribution in [2.45, 2.75) is 6.92 Å². The molecule has 0 unspecified atom stereocenters. The summed E-state index contributed by atoms with van der Waals surface area (Å²) in [5.41, 5.74) is 3.55. The van der Waals surface area contributed by atoms with Crippen LogP contribution in [0.2, 0.25) is 5.02 Å². The SMILES string of the molecule is Cc1onc(-c2ccccc2Cl)c1C(=O)Nc1cccc(-c2ccc(N3CCOCC3)nn2)c1. The zero-order valence-electron chi connectivity index (χ0n) is 18.5. The highest BCUT2D eigenvalue weighted by Gasteiger charge is 2.23. The molecule has 8 nitrogen and oxygen atoms in total. The van der Waals surface area contributed by atoms with Crippen molar-refractivity contribution >= 4 is 29.0 Å². The Bertz CT molecular complexity index is 1320. The topological polar surface area (TPSA) is 93.4 Å². The molecule has 4 aromatic rings. The number of halogens is 1. The largest absolute Gasteiger partial charge is 0.378 e. The van der Waals surface area contributed by atoms with Crippen LogP contribution in [0.25, 0.3) is 22.5 Å². The predicted molar refractivity (Wildman–Crippen MR) is 130 cm³/mol. The van der Waals surface area contributed by atoms with Crippen molar-refractivity contribution in [3.8, 4) is 22.5 Å². The number of carbonyl (C=O) groups is 1. The number of nitrogens with zero attached hydrogens (tertiary/aromatic N) is 4. The summed E-state index contributed by atoms with van der Waals surface area (Å²) in [6.45, 7) is 4.68. The number of hydrogen-bond acceptors (Lipinski definition) is 7. The fraction of sp³-hybridized carbons (Fsp3) is 0.200. The van der Waals surface area contributed by atoms with E-state index in [0.717, 1.165) is 24.5 Å². The smallest absolute Gasteiger partial charge is 0.261 e. The Morgan fingerprint density at radius 2 is 1.85 bits per heavy atom. The molecule has 1 saturated heterocycles. The minimum Gasteiger partial charge on any atom is -0.378 e. The van der Waals surface area contributed by atoms with Crippen molar-refractivity contribution in [2.75, 3.05) is 36.5 Å². The number of aryl methyl sites for hydroxylation is 1. The third kappa shape index (κ3) is 4.50. The zero-order valence-corrected chi connectivity index (χ0v) is 19.2. The second-order valence-corrected chi connectivity index (χ2v) is 8.26. The van der Waals surface area contributed by atoms with E-state index in [4.69, 9.17) is 20.9 Å². The molecular formula is C25H22ClN5O3. The van der Waals surface area contributed by atoms with Gasteiger partial charge in [0.05, 0.1) is 23.9 Å². The molecule has 0 atom stereocenters. The van der Waals surface area contributed by atoms with E-state index < -0.39 is 0 Å². The van der Waals surface area contributed by atoms with Gasteiger partial charge in [-0.15, -0.1) is 10.2 Å². The predicted octanol–water partition coefficient (Wildman–Crippen LogP) is 4.85. The van der Waals surface area contributed by atoms with Crippen LogP contribution in [0.3, 0.4) is 0 Å².